The summed E-state index contributed by atoms with van der Waals surface area (Å²) >= 11 is 0. The van der Waals surface area contributed by atoms with Gasteiger partial charge < -0.3 is 14.8 Å². The monoisotopic (exact) mass is 359 g/mol. The number of nitrogens with one attached hydrogen (secondary N) is 1. The molecule has 0 radical (unpaired) electrons. The van der Waals surface area contributed by atoms with Crippen LogP contribution in [0.5, 0.6) is 17.2 Å². The molecular weight excluding hydrogens is 338 g/mol. The number of carbonyl (C=O) groups excluding carboxylic acids is 1. The number of carbonyl (C=O) groups is 1. The Morgan fingerprint density at radius 1 is 0.815 bits per heavy atom. The van der Waals surface area contributed by atoms with E-state index in [4.69, 9.17) is 9.47 Å². The van der Waals surface area contributed by atoms with Crippen LogP contribution < -0.4 is 14.8 Å². The van der Waals surface area contributed by atoms with Gasteiger partial charge in [0.25, 0.3) is 0 Å². The lowest BCUT2D eigenvalue weighted by Crippen LogP contribution is -2.01. The summed E-state index contributed by atoms with van der Waals surface area (Å²) in [4.78, 5) is 12.3. The van der Waals surface area contributed by atoms with Gasteiger partial charge in [-0.15, -0.1) is 0 Å². The van der Waals surface area contributed by atoms with Crippen molar-refractivity contribution < 1.29 is 14.3 Å². The van der Waals surface area contributed by atoms with Crippen molar-refractivity contribution in [3.8, 4) is 17.2 Å². The summed E-state index contributed by atoms with van der Waals surface area (Å²) in [5, 5.41) is 3.22. The van der Waals surface area contributed by atoms with E-state index < -0.39 is 0 Å². The van der Waals surface area contributed by atoms with Crippen LogP contribution in [0.15, 0.2) is 90.6 Å². The summed E-state index contributed by atoms with van der Waals surface area (Å²) in [5.74, 6) is 2.21. The molecule has 0 amide bonds. The topological polar surface area (TPSA) is 47.6 Å². The number of anilines is 1. The Labute approximate surface area is 159 Å². The molecule has 3 aromatic rings. The molecule has 3 rings (SSSR count). The van der Waals surface area contributed by atoms with Crippen LogP contribution in [0.4, 0.5) is 5.69 Å². The zero-order valence-electron chi connectivity index (χ0n) is 15.3. The van der Waals surface area contributed by atoms with Crippen LogP contribution >= 0.6 is 0 Å². The third-order valence-corrected chi connectivity index (χ3v) is 3.90. The lowest BCUT2D eigenvalue weighted by atomic mass is 10.1. The summed E-state index contributed by atoms with van der Waals surface area (Å²) in [6.07, 6.45) is 1.58. The Morgan fingerprint density at radius 2 is 1.41 bits per heavy atom. The first-order valence-corrected chi connectivity index (χ1v) is 8.61. The molecule has 0 saturated heterocycles. The second-order valence-electron chi connectivity index (χ2n) is 5.98. The summed E-state index contributed by atoms with van der Waals surface area (Å²) in [6, 6.07) is 24.3. The van der Waals surface area contributed by atoms with E-state index in [2.05, 4.69) is 5.32 Å². The molecule has 0 aliphatic heterocycles. The van der Waals surface area contributed by atoms with E-state index in [0.29, 0.717) is 5.56 Å². The molecule has 0 heterocycles. The average molecular weight is 359 g/mol. The van der Waals surface area contributed by atoms with Crippen molar-refractivity contribution >= 4 is 11.5 Å². The van der Waals surface area contributed by atoms with Crippen LogP contribution in [0.3, 0.4) is 0 Å². The molecular formula is C23H21NO3. The van der Waals surface area contributed by atoms with Crippen molar-refractivity contribution in [1.82, 2.24) is 0 Å². The Morgan fingerprint density at radius 3 is 2.04 bits per heavy atom. The maximum atomic E-state index is 12.3. The zero-order valence-corrected chi connectivity index (χ0v) is 15.3. The maximum Gasteiger partial charge on any atom is 0.187 e. The summed E-state index contributed by atoms with van der Waals surface area (Å²) in [5.41, 5.74) is 2.25. The van der Waals surface area contributed by atoms with Gasteiger partial charge in [-0.1, -0.05) is 18.2 Å². The van der Waals surface area contributed by atoms with Crippen LogP contribution in [0, 0.1) is 0 Å². The fourth-order valence-electron chi connectivity index (χ4n) is 2.53. The van der Waals surface area contributed by atoms with Crippen LogP contribution in [-0.4, -0.2) is 12.9 Å². The standard InChI is InChI=1S/C23H21NO3/c1-17(16-23(25)18-8-12-20(26-2)13-9-18)24-19-10-14-22(15-11-19)27-21-6-4-3-5-7-21/h3-16,24H,1-2H3/b17-16+. The Hall–Kier alpha value is -3.53. The second-order valence-corrected chi connectivity index (χ2v) is 5.98. The van der Waals surface area contributed by atoms with Crippen molar-refractivity contribution in [2.75, 3.05) is 12.4 Å². The van der Waals surface area contributed by atoms with Crippen molar-refractivity contribution in [2.45, 2.75) is 6.92 Å². The first kappa shape index (κ1) is 18.3. The van der Waals surface area contributed by atoms with Gasteiger partial charge in [0.2, 0.25) is 0 Å². The predicted octanol–water partition coefficient (Wildman–Crippen LogP) is 5.69. The first-order chi connectivity index (χ1) is 13.1. The molecule has 136 valence electrons. The quantitative estimate of drug-likeness (QED) is 0.435. The molecule has 0 aliphatic carbocycles. The molecule has 0 unspecified atom stereocenters. The highest BCUT2D eigenvalue weighted by Gasteiger charge is 2.04. The van der Waals surface area contributed by atoms with Gasteiger partial charge in [0.15, 0.2) is 5.78 Å². The third-order valence-electron chi connectivity index (χ3n) is 3.90. The molecule has 27 heavy (non-hydrogen) atoms. The van der Waals surface area contributed by atoms with E-state index >= 15 is 0 Å². The molecule has 0 fully saturated rings. The summed E-state index contributed by atoms with van der Waals surface area (Å²) in [6.45, 7) is 1.86. The highest BCUT2D eigenvalue weighted by molar-refractivity contribution is 6.05. The molecule has 0 saturated carbocycles. The van der Waals surface area contributed by atoms with Crippen molar-refractivity contribution in [3.63, 3.8) is 0 Å². The average Bonchev–Trinajstić information content (AvgIpc) is 2.70. The number of ether oxygens (including phenoxy) is 2. The smallest absolute Gasteiger partial charge is 0.187 e. The lowest BCUT2D eigenvalue weighted by molar-refractivity contribution is 0.104. The van der Waals surface area contributed by atoms with Gasteiger partial charge in [0.1, 0.15) is 17.2 Å². The van der Waals surface area contributed by atoms with E-state index in [1.807, 2.05) is 61.5 Å². The number of rotatable bonds is 7. The number of methoxy groups -OCH3 is 1. The van der Waals surface area contributed by atoms with Gasteiger partial charge in [0.05, 0.1) is 7.11 Å². The molecule has 0 aliphatic rings. The normalized spacial score (nSPS) is 11.0. The Kier molecular flexibility index (Phi) is 5.90. The van der Waals surface area contributed by atoms with Crippen molar-refractivity contribution in [2.24, 2.45) is 0 Å². The van der Waals surface area contributed by atoms with Gasteiger partial charge in [-0.05, 0) is 67.6 Å². The van der Waals surface area contributed by atoms with E-state index in [9.17, 15) is 4.79 Å². The van der Waals surface area contributed by atoms with Crippen LogP contribution in [0.2, 0.25) is 0 Å². The number of allylic oxidation sites excluding steroid dienone is 2. The molecule has 3 aromatic carbocycles. The fourth-order valence-corrected chi connectivity index (χ4v) is 2.53. The van der Waals surface area contributed by atoms with Gasteiger partial charge in [-0.3, -0.25) is 4.79 Å². The van der Waals surface area contributed by atoms with Crippen molar-refractivity contribution in [1.29, 1.82) is 0 Å². The van der Waals surface area contributed by atoms with Gasteiger partial charge in [0, 0.05) is 23.0 Å². The summed E-state index contributed by atoms with van der Waals surface area (Å²) in [7, 11) is 1.60. The van der Waals surface area contributed by atoms with Crippen LogP contribution in [0.25, 0.3) is 0 Å². The van der Waals surface area contributed by atoms with Gasteiger partial charge >= 0.3 is 0 Å². The molecule has 0 spiro atoms. The number of ketones is 1. The Balaban J connectivity index is 1.61. The second kappa shape index (κ2) is 8.72. The SMILES string of the molecule is COc1ccc(C(=O)/C=C(\C)Nc2ccc(Oc3ccccc3)cc2)cc1. The maximum absolute atomic E-state index is 12.3. The van der Waals surface area contributed by atoms with E-state index in [1.54, 1.807) is 37.5 Å². The summed E-state index contributed by atoms with van der Waals surface area (Å²) < 4.78 is 10.9. The number of para-hydroxylation sites is 1. The van der Waals surface area contributed by atoms with Crippen molar-refractivity contribution in [3.05, 3.63) is 96.2 Å². The minimum atomic E-state index is -0.0633. The van der Waals surface area contributed by atoms with Gasteiger partial charge in [-0.25, -0.2) is 0 Å². The number of hydrogen-bond donors (Lipinski definition) is 1. The fraction of sp³-hybridized carbons (Fsp3) is 0.0870. The van der Waals surface area contributed by atoms with Crippen LogP contribution in [-0.2, 0) is 0 Å². The highest BCUT2D eigenvalue weighted by atomic mass is 16.5. The minimum Gasteiger partial charge on any atom is -0.497 e. The predicted molar refractivity (Wildman–Crippen MR) is 108 cm³/mol. The van der Waals surface area contributed by atoms with E-state index in [1.165, 1.54) is 0 Å². The van der Waals surface area contributed by atoms with Gasteiger partial charge in [-0.2, -0.15) is 0 Å². The number of hydrogen-bond acceptors (Lipinski definition) is 4. The first-order valence-electron chi connectivity index (χ1n) is 8.61. The molecule has 4 heteroatoms. The molecule has 1 N–H and O–H groups in total. The minimum absolute atomic E-state index is 0.0633. The van der Waals surface area contributed by atoms with Crippen LogP contribution in [0.1, 0.15) is 17.3 Å². The lowest BCUT2D eigenvalue weighted by Gasteiger charge is -2.09. The number of benzene rings is 3. The zero-order chi connectivity index (χ0) is 19.1. The Bertz CT molecular complexity index is 914. The molecule has 0 atom stereocenters. The molecule has 0 bridgehead atoms. The highest BCUT2D eigenvalue weighted by Crippen LogP contribution is 2.23. The largest absolute Gasteiger partial charge is 0.497 e. The third kappa shape index (κ3) is 5.22. The molecule has 4 nitrogen and oxygen atoms in total. The van der Waals surface area contributed by atoms with E-state index in [-0.39, 0.29) is 5.78 Å². The van der Waals surface area contributed by atoms with E-state index in [0.717, 1.165) is 28.6 Å². The molecule has 0 aromatic heterocycles.